The number of ether oxygens (including phenoxy) is 1. The molecule has 0 radical (unpaired) electrons. The lowest BCUT2D eigenvalue weighted by molar-refractivity contribution is 0.123. The molecule has 0 aliphatic heterocycles. The monoisotopic (exact) mass is 241 g/mol. The summed E-state index contributed by atoms with van der Waals surface area (Å²) in [5.74, 6) is 0. The van der Waals surface area contributed by atoms with Crippen molar-refractivity contribution in [3.63, 3.8) is 0 Å². The summed E-state index contributed by atoms with van der Waals surface area (Å²) >= 11 is 5.87. The van der Waals surface area contributed by atoms with Crippen LogP contribution in [0, 0.1) is 0 Å². The summed E-state index contributed by atoms with van der Waals surface area (Å²) < 4.78 is 5.53. The van der Waals surface area contributed by atoms with E-state index in [0.29, 0.717) is 6.61 Å². The van der Waals surface area contributed by atoms with E-state index in [1.807, 2.05) is 24.3 Å². The zero-order chi connectivity index (χ0) is 11.6. The van der Waals surface area contributed by atoms with E-state index in [2.05, 4.69) is 12.2 Å². The summed E-state index contributed by atoms with van der Waals surface area (Å²) in [7, 11) is 0. The summed E-state index contributed by atoms with van der Waals surface area (Å²) in [5.41, 5.74) is 1.13. The van der Waals surface area contributed by atoms with Crippen molar-refractivity contribution in [1.29, 1.82) is 0 Å². The number of hydrogen-bond donors (Lipinski definition) is 1. The lowest BCUT2D eigenvalue weighted by atomic mass is 10.2. The summed E-state index contributed by atoms with van der Waals surface area (Å²) in [6.07, 6.45) is 2.46. The molecule has 1 rings (SSSR count). The Morgan fingerprint density at radius 1 is 1.31 bits per heavy atom. The first-order chi connectivity index (χ1) is 7.83. The van der Waals surface area contributed by atoms with Crippen molar-refractivity contribution in [2.45, 2.75) is 26.4 Å². The second-order valence-corrected chi connectivity index (χ2v) is 4.22. The van der Waals surface area contributed by atoms with Crippen LogP contribution in [0.4, 0.5) is 0 Å². The van der Waals surface area contributed by atoms with Crippen molar-refractivity contribution in [3.8, 4) is 0 Å². The van der Waals surface area contributed by atoms with Crippen LogP contribution in [0.5, 0.6) is 0 Å². The molecular weight excluding hydrogens is 222 g/mol. The first-order valence-corrected chi connectivity index (χ1v) is 6.23. The van der Waals surface area contributed by atoms with E-state index in [1.165, 1.54) is 12.8 Å². The fraction of sp³-hybridized carbons (Fsp3) is 0.538. The van der Waals surface area contributed by atoms with Crippen LogP contribution in [-0.4, -0.2) is 19.7 Å². The third kappa shape index (κ3) is 6.11. The highest BCUT2D eigenvalue weighted by atomic mass is 35.5. The molecule has 1 aromatic carbocycles. The molecule has 0 saturated heterocycles. The normalized spacial score (nSPS) is 10.6. The molecule has 1 aromatic rings. The molecule has 16 heavy (non-hydrogen) atoms. The van der Waals surface area contributed by atoms with E-state index in [4.69, 9.17) is 16.3 Å². The fourth-order valence-corrected chi connectivity index (χ4v) is 1.60. The van der Waals surface area contributed by atoms with Crippen molar-refractivity contribution in [2.75, 3.05) is 19.7 Å². The Hall–Kier alpha value is -0.570. The van der Waals surface area contributed by atoms with Gasteiger partial charge in [-0.2, -0.15) is 0 Å². The lowest BCUT2D eigenvalue weighted by Crippen LogP contribution is -2.20. The molecule has 1 N–H and O–H groups in total. The molecule has 0 atom stereocenters. The third-order valence-electron chi connectivity index (χ3n) is 2.29. The number of nitrogens with one attached hydrogen (secondary N) is 1. The first-order valence-electron chi connectivity index (χ1n) is 5.86. The Bertz CT molecular complexity index is 291. The summed E-state index contributed by atoms with van der Waals surface area (Å²) in [6, 6.07) is 7.78. The van der Waals surface area contributed by atoms with E-state index in [9.17, 15) is 0 Å². The van der Waals surface area contributed by atoms with Gasteiger partial charge in [-0.05, 0) is 30.7 Å². The Labute approximate surface area is 103 Å². The first kappa shape index (κ1) is 13.5. The highest BCUT2D eigenvalue weighted by molar-refractivity contribution is 6.30. The summed E-state index contributed by atoms with van der Waals surface area (Å²) in [6.45, 7) is 5.57. The molecule has 0 fully saturated rings. The Balaban J connectivity index is 2.03. The SMILES string of the molecule is CCCCNCCOCc1cccc(Cl)c1. The van der Waals surface area contributed by atoms with Crippen LogP contribution in [0.15, 0.2) is 24.3 Å². The van der Waals surface area contributed by atoms with Crippen molar-refractivity contribution in [2.24, 2.45) is 0 Å². The number of benzene rings is 1. The zero-order valence-corrected chi connectivity index (χ0v) is 10.6. The van der Waals surface area contributed by atoms with E-state index in [-0.39, 0.29) is 0 Å². The quantitative estimate of drug-likeness (QED) is 0.706. The standard InChI is InChI=1S/C13H20ClNO/c1-2-3-7-15-8-9-16-11-12-5-4-6-13(14)10-12/h4-6,10,15H,2-3,7-9,11H2,1H3. The minimum Gasteiger partial charge on any atom is -0.375 e. The second-order valence-electron chi connectivity index (χ2n) is 3.79. The van der Waals surface area contributed by atoms with Crippen LogP contribution >= 0.6 is 11.6 Å². The molecule has 0 spiro atoms. The highest BCUT2D eigenvalue weighted by Crippen LogP contribution is 2.11. The van der Waals surface area contributed by atoms with Gasteiger partial charge < -0.3 is 10.1 Å². The molecule has 0 amide bonds. The van der Waals surface area contributed by atoms with Crippen molar-refractivity contribution in [1.82, 2.24) is 5.32 Å². The third-order valence-corrected chi connectivity index (χ3v) is 2.52. The van der Waals surface area contributed by atoms with Gasteiger partial charge >= 0.3 is 0 Å². The van der Waals surface area contributed by atoms with Gasteiger partial charge in [-0.1, -0.05) is 37.1 Å². The zero-order valence-electron chi connectivity index (χ0n) is 9.84. The number of unbranched alkanes of at least 4 members (excludes halogenated alkanes) is 1. The largest absolute Gasteiger partial charge is 0.375 e. The maximum atomic E-state index is 5.87. The van der Waals surface area contributed by atoms with Crippen LogP contribution in [0.1, 0.15) is 25.3 Å². The van der Waals surface area contributed by atoms with Gasteiger partial charge in [0, 0.05) is 11.6 Å². The minimum atomic E-state index is 0.635. The van der Waals surface area contributed by atoms with Crippen LogP contribution in [0.25, 0.3) is 0 Å². The number of halogens is 1. The molecule has 0 unspecified atom stereocenters. The molecule has 0 aliphatic carbocycles. The van der Waals surface area contributed by atoms with Gasteiger partial charge in [0.2, 0.25) is 0 Å². The van der Waals surface area contributed by atoms with Gasteiger partial charge in [0.15, 0.2) is 0 Å². The van der Waals surface area contributed by atoms with Gasteiger partial charge in [0.1, 0.15) is 0 Å². The second kappa shape index (κ2) is 8.57. The summed E-state index contributed by atoms with van der Waals surface area (Å²) in [5, 5.41) is 4.10. The van der Waals surface area contributed by atoms with Crippen molar-refractivity contribution >= 4 is 11.6 Å². The number of hydrogen-bond acceptors (Lipinski definition) is 2. The topological polar surface area (TPSA) is 21.3 Å². The van der Waals surface area contributed by atoms with Crippen LogP contribution < -0.4 is 5.32 Å². The predicted octanol–water partition coefficient (Wildman–Crippen LogP) is 3.25. The van der Waals surface area contributed by atoms with Gasteiger partial charge in [-0.25, -0.2) is 0 Å². The van der Waals surface area contributed by atoms with Gasteiger partial charge in [-0.3, -0.25) is 0 Å². The van der Waals surface area contributed by atoms with E-state index >= 15 is 0 Å². The Kier molecular flexibility index (Phi) is 7.23. The fourth-order valence-electron chi connectivity index (χ4n) is 1.39. The van der Waals surface area contributed by atoms with Crippen molar-refractivity contribution in [3.05, 3.63) is 34.9 Å². The van der Waals surface area contributed by atoms with Crippen molar-refractivity contribution < 1.29 is 4.74 Å². The summed E-state index contributed by atoms with van der Waals surface area (Å²) in [4.78, 5) is 0. The predicted molar refractivity (Wildman–Crippen MR) is 68.9 cm³/mol. The molecule has 90 valence electrons. The molecule has 0 aliphatic rings. The molecule has 0 heterocycles. The number of rotatable bonds is 8. The van der Waals surface area contributed by atoms with E-state index < -0.39 is 0 Å². The maximum Gasteiger partial charge on any atom is 0.0718 e. The molecule has 0 aromatic heterocycles. The average molecular weight is 242 g/mol. The lowest BCUT2D eigenvalue weighted by Gasteiger charge is -2.06. The van der Waals surface area contributed by atoms with Gasteiger partial charge in [-0.15, -0.1) is 0 Å². The van der Waals surface area contributed by atoms with Crippen LogP contribution in [0.3, 0.4) is 0 Å². The molecule has 2 nitrogen and oxygen atoms in total. The molecule has 0 saturated carbocycles. The van der Waals surface area contributed by atoms with Gasteiger partial charge in [0.25, 0.3) is 0 Å². The molecule has 0 bridgehead atoms. The minimum absolute atomic E-state index is 0.635. The average Bonchev–Trinajstić information content (AvgIpc) is 2.28. The van der Waals surface area contributed by atoms with E-state index in [0.717, 1.165) is 30.3 Å². The highest BCUT2D eigenvalue weighted by Gasteiger charge is 1.94. The van der Waals surface area contributed by atoms with Crippen LogP contribution in [-0.2, 0) is 11.3 Å². The van der Waals surface area contributed by atoms with Crippen LogP contribution in [0.2, 0.25) is 5.02 Å². The van der Waals surface area contributed by atoms with E-state index in [1.54, 1.807) is 0 Å². The molecule has 3 heteroatoms. The molecular formula is C13H20ClNO. The Morgan fingerprint density at radius 3 is 2.94 bits per heavy atom. The Morgan fingerprint density at radius 2 is 2.19 bits per heavy atom. The smallest absolute Gasteiger partial charge is 0.0718 e. The van der Waals surface area contributed by atoms with Gasteiger partial charge in [0.05, 0.1) is 13.2 Å². The maximum absolute atomic E-state index is 5.87.